The van der Waals surface area contributed by atoms with Crippen molar-refractivity contribution < 1.29 is 9.59 Å². The van der Waals surface area contributed by atoms with Crippen LogP contribution < -0.4 is 5.32 Å². The molecule has 0 bridgehead atoms. The first kappa shape index (κ1) is 19.3. The third-order valence-electron chi connectivity index (χ3n) is 3.12. The molecular formula is C16H12Cl3IN2O2. The van der Waals surface area contributed by atoms with Gasteiger partial charge in [0.25, 0.3) is 5.91 Å². The molecule has 2 rings (SSSR count). The molecule has 0 aromatic heterocycles. The fourth-order valence-corrected chi connectivity index (χ4v) is 3.06. The lowest BCUT2D eigenvalue weighted by Gasteiger charge is -2.18. The number of nitrogens with one attached hydrogen (secondary N) is 1. The van der Waals surface area contributed by atoms with Gasteiger partial charge in [0.2, 0.25) is 5.91 Å². The third-order valence-corrected chi connectivity index (χ3v) is 5.29. The van der Waals surface area contributed by atoms with Gasteiger partial charge in [-0.15, -0.1) is 0 Å². The highest BCUT2D eigenvalue weighted by atomic mass is 127. The number of hydrogen-bond donors (Lipinski definition) is 1. The number of likely N-dealkylation sites (N-methyl/N-ethyl adjacent to an activating group) is 1. The fraction of sp³-hybridized carbons (Fsp3) is 0.125. The molecule has 8 heteroatoms. The summed E-state index contributed by atoms with van der Waals surface area (Å²) in [7, 11) is 1.54. The number of carbonyl (C=O) groups excluding carboxylic acids is 2. The smallest absolute Gasteiger partial charge is 0.254 e. The molecule has 0 fully saturated rings. The van der Waals surface area contributed by atoms with Crippen LogP contribution in [0, 0.1) is 3.57 Å². The first-order valence-electron chi connectivity index (χ1n) is 6.74. The SMILES string of the molecule is CN(CC(=O)Nc1c(Cl)cccc1Cl)C(=O)c1ccc(Cl)c(I)c1. The second-order valence-corrected chi connectivity index (χ2v) is 7.32. The van der Waals surface area contributed by atoms with Gasteiger partial charge >= 0.3 is 0 Å². The van der Waals surface area contributed by atoms with Crippen molar-refractivity contribution >= 4 is 74.9 Å². The molecule has 0 radical (unpaired) electrons. The highest BCUT2D eigenvalue weighted by Crippen LogP contribution is 2.29. The first-order valence-corrected chi connectivity index (χ1v) is 8.95. The molecule has 2 amide bonds. The predicted molar refractivity (Wildman–Crippen MR) is 106 cm³/mol. The molecule has 0 aliphatic rings. The van der Waals surface area contributed by atoms with E-state index in [1.54, 1.807) is 36.4 Å². The molecule has 0 atom stereocenters. The number of para-hydroxylation sites is 1. The van der Waals surface area contributed by atoms with E-state index in [1.165, 1.54) is 11.9 Å². The van der Waals surface area contributed by atoms with Crippen molar-refractivity contribution in [1.82, 2.24) is 4.90 Å². The van der Waals surface area contributed by atoms with E-state index in [2.05, 4.69) is 5.32 Å². The van der Waals surface area contributed by atoms with Crippen LogP contribution >= 0.6 is 57.4 Å². The van der Waals surface area contributed by atoms with Crippen molar-refractivity contribution in [2.75, 3.05) is 18.9 Å². The predicted octanol–water partition coefficient (Wildman–Crippen LogP) is 4.96. The minimum atomic E-state index is -0.399. The van der Waals surface area contributed by atoms with Crippen LogP contribution in [0.1, 0.15) is 10.4 Å². The standard InChI is InChI=1S/C16H12Cl3IN2O2/c1-22(16(24)9-5-6-10(17)13(20)7-9)8-14(23)21-15-11(18)3-2-4-12(15)19/h2-7H,8H2,1H3,(H,21,23). The lowest BCUT2D eigenvalue weighted by Crippen LogP contribution is -2.35. The zero-order chi connectivity index (χ0) is 17.9. The molecule has 0 heterocycles. The maximum absolute atomic E-state index is 12.4. The van der Waals surface area contributed by atoms with E-state index in [-0.39, 0.29) is 12.5 Å². The Bertz CT molecular complexity index is 779. The molecule has 24 heavy (non-hydrogen) atoms. The zero-order valence-corrected chi connectivity index (χ0v) is 16.9. The summed E-state index contributed by atoms with van der Waals surface area (Å²) in [5.74, 6) is -0.686. The number of halogens is 4. The van der Waals surface area contributed by atoms with Gasteiger partial charge in [0, 0.05) is 16.2 Å². The average Bonchev–Trinajstić information content (AvgIpc) is 2.53. The monoisotopic (exact) mass is 496 g/mol. The third kappa shape index (κ3) is 4.75. The van der Waals surface area contributed by atoms with Crippen molar-refractivity contribution in [2.45, 2.75) is 0 Å². The highest BCUT2D eigenvalue weighted by molar-refractivity contribution is 14.1. The van der Waals surface area contributed by atoms with Crippen molar-refractivity contribution in [3.63, 3.8) is 0 Å². The summed E-state index contributed by atoms with van der Waals surface area (Å²) in [5, 5.41) is 3.85. The van der Waals surface area contributed by atoms with E-state index >= 15 is 0 Å². The van der Waals surface area contributed by atoms with Crippen molar-refractivity contribution in [1.29, 1.82) is 0 Å². The second kappa shape index (κ2) is 8.38. The maximum atomic E-state index is 12.4. The van der Waals surface area contributed by atoms with E-state index in [0.29, 0.717) is 26.3 Å². The number of rotatable bonds is 4. The minimum absolute atomic E-state index is 0.139. The summed E-state index contributed by atoms with van der Waals surface area (Å²) >= 11 is 20.0. The molecule has 0 saturated heterocycles. The van der Waals surface area contributed by atoms with Gasteiger partial charge in [0.15, 0.2) is 0 Å². The molecule has 0 unspecified atom stereocenters. The Hall–Kier alpha value is -1.02. The Morgan fingerprint density at radius 2 is 1.71 bits per heavy atom. The molecule has 126 valence electrons. The summed E-state index contributed by atoms with van der Waals surface area (Å²) in [6.07, 6.45) is 0. The Kier molecular flexibility index (Phi) is 6.74. The van der Waals surface area contributed by atoms with Gasteiger partial charge in [-0.05, 0) is 52.9 Å². The Balaban J connectivity index is 2.05. The summed E-state index contributed by atoms with van der Waals surface area (Å²) < 4.78 is 0.765. The molecule has 2 aromatic carbocycles. The minimum Gasteiger partial charge on any atom is -0.332 e. The van der Waals surface area contributed by atoms with E-state index in [9.17, 15) is 9.59 Å². The molecule has 0 aliphatic carbocycles. The number of amides is 2. The zero-order valence-electron chi connectivity index (χ0n) is 12.4. The van der Waals surface area contributed by atoms with E-state index < -0.39 is 5.91 Å². The molecule has 4 nitrogen and oxygen atoms in total. The summed E-state index contributed by atoms with van der Waals surface area (Å²) in [6.45, 7) is -0.139. The lowest BCUT2D eigenvalue weighted by atomic mass is 10.2. The summed E-state index contributed by atoms with van der Waals surface area (Å²) in [6, 6.07) is 9.85. The van der Waals surface area contributed by atoms with Gasteiger partial charge < -0.3 is 10.2 Å². The lowest BCUT2D eigenvalue weighted by molar-refractivity contribution is -0.116. The average molecular weight is 498 g/mol. The van der Waals surface area contributed by atoms with Crippen LogP contribution in [0.5, 0.6) is 0 Å². The van der Waals surface area contributed by atoms with E-state index in [4.69, 9.17) is 34.8 Å². The fourth-order valence-electron chi connectivity index (χ4n) is 1.93. The van der Waals surface area contributed by atoms with Crippen molar-refractivity contribution in [3.05, 3.63) is 60.6 Å². The Morgan fingerprint density at radius 1 is 1.08 bits per heavy atom. The number of anilines is 1. The normalized spacial score (nSPS) is 10.4. The highest BCUT2D eigenvalue weighted by Gasteiger charge is 2.17. The Morgan fingerprint density at radius 3 is 2.29 bits per heavy atom. The van der Waals surface area contributed by atoms with Gasteiger partial charge in [-0.3, -0.25) is 9.59 Å². The molecular weight excluding hydrogens is 485 g/mol. The quantitative estimate of drug-likeness (QED) is 0.607. The van der Waals surface area contributed by atoms with E-state index in [0.717, 1.165) is 3.57 Å². The van der Waals surface area contributed by atoms with Crippen molar-refractivity contribution in [3.8, 4) is 0 Å². The molecule has 1 N–H and O–H groups in total. The van der Waals surface area contributed by atoms with Crippen LogP contribution in [0.15, 0.2) is 36.4 Å². The molecule has 0 saturated carbocycles. The second-order valence-electron chi connectivity index (χ2n) is 4.93. The van der Waals surface area contributed by atoms with Crippen LogP contribution in [-0.4, -0.2) is 30.3 Å². The van der Waals surface area contributed by atoms with Crippen LogP contribution in [0.2, 0.25) is 15.1 Å². The number of carbonyl (C=O) groups is 2. The topological polar surface area (TPSA) is 49.4 Å². The van der Waals surface area contributed by atoms with Gasteiger partial charge in [-0.2, -0.15) is 0 Å². The van der Waals surface area contributed by atoms with Gasteiger partial charge in [0.1, 0.15) is 0 Å². The molecule has 2 aromatic rings. The molecule has 0 aliphatic heterocycles. The van der Waals surface area contributed by atoms with Crippen LogP contribution in [0.3, 0.4) is 0 Å². The number of benzene rings is 2. The Labute approximate surface area is 168 Å². The number of hydrogen-bond acceptors (Lipinski definition) is 2. The van der Waals surface area contributed by atoms with Gasteiger partial charge in [-0.25, -0.2) is 0 Å². The summed E-state index contributed by atoms with van der Waals surface area (Å²) in [5.41, 5.74) is 0.780. The van der Waals surface area contributed by atoms with Gasteiger partial charge in [-0.1, -0.05) is 40.9 Å². The maximum Gasteiger partial charge on any atom is 0.254 e. The first-order chi connectivity index (χ1) is 11.3. The number of nitrogens with zero attached hydrogens (tertiary/aromatic N) is 1. The largest absolute Gasteiger partial charge is 0.332 e. The van der Waals surface area contributed by atoms with Crippen LogP contribution in [0.4, 0.5) is 5.69 Å². The molecule has 0 spiro atoms. The van der Waals surface area contributed by atoms with Crippen LogP contribution in [0.25, 0.3) is 0 Å². The van der Waals surface area contributed by atoms with Crippen molar-refractivity contribution in [2.24, 2.45) is 0 Å². The van der Waals surface area contributed by atoms with Gasteiger partial charge in [0.05, 0.1) is 27.3 Å². The van der Waals surface area contributed by atoms with Crippen LogP contribution in [-0.2, 0) is 4.79 Å². The summed E-state index contributed by atoms with van der Waals surface area (Å²) in [4.78, 5) is 25.8. The van der Waals surface area contributed by atoms with E-state index in [1.807, 2.05) is 22.6 Å².